The summed E-state index contributed by atoms with van der Waals surface area (Å²) in [5, 5.41) is 39.5. The number of carboxylic acid groups (broad SMARTS) is 2. The van der Waals surface area contributed by atoms with Crippen molar-refractivity contribution in [2.24, 2.45) is 5.73 Å². The van der Waals surface area contributed by atoms with Gasteiger partial charge < -0.3 is 41.2 Å². The Morgan fingerprint density at radius 1 is 1.02 bits per heavy atom. The molecule has 3 aromatic rings. The zero-order valence-electron chi connectivity index (χ0n) is 24.6. The Labute approximate surface area is 262 Å². The van der Waals surface area contributed by atoms with E-state index in [1.54, 1.807) is 19.2 Å². The van der Waals surface area contributed by atoms with E-state index in [1.165, 1.54) is 6.20 Å². The van der Waals surface area contributed by atoms with Crippen molar-refractivity contribution in [2.75, 3.05) is 32.1 Å². The Kier molecular flexibility index (Phi) is 15.2. The molecule has 0 aliphatic carbocycles. The molecule has 0 spiro atoms. The van der Waals surface area contributed by atoms with Crippen molar-refractivity contribution < 1.29 is 65.5 Å². The lowest BCUT2D eigenvalue weighted by Gasteiger charge is -2.18. The molecular formula is C28H29F6N5O8. The molecule has 0 aliphatic rings. The number of nitrogens with one attached hydrogen (secondary N) is 2. The second kappa shape index (κ2) is 18.0. The van der Waals surface area contributed by atoms with Gasteiger partial charge in [-0.3, -0.25) is 9.78 Å². The van der Waals surface area contributed by atoms with Gasteiger partial charge in [0.2, 0.25) is 0 Å². The van der Waals surface area contributed by atoms with Gasteiger partial charge >= 0.3 is 24.3 Å². The van der Waals surface area contributed by atoms with Gasteiger partial charge in [-0.2, -0.15) is 31.6 Å². The quantitative estimate of drug-likeness (QED) is 0.125. The topological polar surface area (TPSA) is 217 Å². The van der Waals surface area contributed by atoms with Crippen LogP contribution >= 0.6 is 0 Å². The van der Waals surface area contributed by atoms with Gasteiger partial charge in [0.25, 0.3) is 5.91 Å². The van der Waals surface area contributed by atoms with Crippen LogP contribution in [0.5, 0.6) is 11.5 Å². The van der Waals surface area contributed by atoms with Crippen LogP contribution < -0.4 is 25.8 Å². The smallest absolute Gasteiger partial charge is 0.490 e. The molecule has 0 radical (unpaired) electrons. The first-order valence-electron chi connectivity index (χ1n) is 13.0. The van der Waals surface area contributed by atoms with Crippen LogP contribution in [0, 0.1) is 18.3 Å². The number of primary amides is 1. The second-order valence-electron chi connectivity index (χ2n) is 8.92. The average Bonchev–Trinajstić information content (AvgIpc) is 2.99. The van der Waals surface area contributed by atoms with E-state index in [2.05, 4.69) is 21.7 Å². The van der Waals surface area contributed by atoms with E-state index in [4.69, 9.17) is 40.3 Å². The monoisotopic (exact) mass is 677 g/mol. The summed E-state index contributed by atoms with van der Waals surface area (Å²) in [6, 6.07) is 11.1. The number of nitrogens with zero attached hydrogens (tertiary/aromatic N) is 2. The molecule has 0 atom stereocenters. The van der Waals surface area contributed by atoms with E-state index in [1.807, 2.05) is 25.1 Å². The number of alkyl halides is 6. The highest BCUT2D eigenvalue weighted by molar-refractivity contribution is 6.08. The Bertz CT molecular complexity index is 1570. The van der Waals surface area contributed by atoms with Crippen molar-refractivity contribution in [3.8, 4) is 17.6 Å². The predicted octanol–water partition coefficient (Wildman–Crippen LogP) is 4.04. The third-order valence-corrected chi connectivity index (χ3v) is 5.73. The molecular weight excluding hydrogens is 648 g/mol. The van der Waals surface area contributed by atoms with Gasteiger partial charge in [-0.1, -0.05) is 12.1 Å². The van der Waals surface area contributed by atoms with Crippen LogP contribution in [0.3, 0.4) is 0 Å². The Morgan fingerprint density at radius 3 is 2.11 bits per heavy atom. The van der Waals surface area contributed by atoms with E-state index in [0.717, 1.165) is 16.8 Å². The minimum atomic E-state index is -5.08. The van der Waals surface area contributed by atoms with Crippen molar-refractivity contribution in [3.63, 3.8) is 0 Å². The highest BCUT2D eigenvalue weighted by Crippen LogP contribution is 2.38. The number of benzene rings is 2. The second-order valence-corrected chi connectivity index (χ2v) is 8.92. The number of halogens is 6. The molecule has 19 heteroatoms. The van der Waals surface area contributed by atoms with Gasteiger partial charge in [0.15, 0.2) is 11.5 Å². The maximum absolute atomic E-state index is 12.2. The lowest BCUT2D eigenvalue weighted by molar-refractivity contribution is -0.193. The molecule has 0 saturated carbocycles. The molecule has 13 nitrogen and oxygen atoms in total. The lowest BCUT2D eigenvalue weighted by Crippen LogP contribution is -2.22. The zero-order chi connectivity index (χ0) is 35.9. The summed E-state index contributed by atoms with van der Waals surface area (Å²) in [5.74, 6) is -5.15. The number of aliphatic hydroxyl groups excluding tert-OH is 1. The molecule has 0 unspecified atom stereocenters. The number of anilines is 2. The van der Waals surface area contributed by atoms with Crippen LogP contribution in [0.2, 0.25) is 0 Å². The number of amides is 1. The third kappa shape index (κ3) is 12.5. The summed E-state index contributed by atoms with van der Waals surface area (Å²) in [6.07, 6.45) is -8.32. The predicted molar refractivity (Wildman–Crippen MR) is 153 cm³/mol. The van der Waals surface area contributed by atoms with Gasteiger partial charge in [-0.15, -0.1) is 0 Å². The number of fused-ring (bicyclic) bond motifs is 1. The maximum Gasteiger partial charge on any atom is 0.490 e. The van der Waals surface area contributed by atoms with Crippen molar-refractivity contribution in [1.82, 2.24) is 10.3 Å². The number of nitrogens with two attached hydrogens (primary N) is 1. The summed E-state index contributed by atoms with van der Waals surface area (Å²) < 4.78 is 74.8. The fraction of sp³-hybridized carbons (Fsp3) is 0.321. The van der Waals surface area contributed by atoms with Gasteiger partial charge in [0, 0.05) is 42.8 Å². The number of pyridine rings is 1. The molecule has 47 heavy (non-hydrogen) atoms. The molecule has 1 amide bonds. The molecule has 3 rings (SSSR count). The van der Waals surface area contributed by atoms with Crippen LogP contribution in [-0.4, -0.2) is 77.3 Å². The largest absolute Gasteiger partial charge is 0.493 e. The van der Waals surface area contributed by atoms with Crippen molar-refractivity contribution in [2.45, 2.75) is 32.3 Å². The maximum atomic E-state index is 12.2. The summed E-state index contributed by atoms with van der Waals surface area (Å²) in [5.41, 5.74) is 9.31. The Balaban J connectivity index is 0.000000658. The SMILES string of the molecule is COc1cc2ncc(C(N)=O)c(Nc3cccc(CO)c3C)c2cc1OCCNCCC#N.O=C(O)C(F)(F)F.O=C(O)C(F)(F)F. The van der Waals surface area contributed by atoms with Gasteiger partial charge in [0.1, 0.15) is 6.61 Å². The first-order chi connectivity index (χ1) is 21.9. The standard InChI is InChI=1S/C24H27N5O4.2C2HF3O2/c1-15-16(14-30)5-3-6-19(15)29-23-17-11-22(33-10-9-27-8-4-7-25)21(32-2)12-20(17)28-13-18(23)24(26)31;2*3-2(4,5)1(6)7/h3,5-6,11-13,27,30H,4,8-10,14H2,1-2H3,(H2,26,31)(H,28,29);2*(H,6,7). The molecule has 7 N–H and O–H groups in total. The summed E-state index contributed by atoms with van der Waals surface area (Å²) in [7, 11) is 1.54. The third-order valence-electron chi connectivity index (χ3n) is 5.73. The summed E-state index contributed by atoms with van der Waals surface area (Å²) in [6.45, 7) is 3.29. The number of carboxylic acids is 2. The fourth-order valence-corrected chi connectivity index (χ4v) is 3.42. The zero-order valence-corrected chi connectivity index (χ0v) is 24.6. The number of carbonyl (C=O) groups is 3. The number of methoxy groups -OCH3 is 1. The molecule has 2 aromatic carbocycles. The normalized spacial score (nSPS) is 10.8. The minimum absolute atomic E-state index is 0.0985. The van der Waals surface area contributed by atoms with Crippen LogP contribution in [0.1, 0.15) is 27.9 Å². The number of carbonyl (C=O) groups excluding carboxylic acids is 1. The van der Waals surface area contributed by atoms with E-state index in [-0.39, 0.29) is 12.2 Å². The number of aliphatic hydroxyl groups is 1. The lowest BCUT2D eigenvalue weighted by atomic mass is 10.0. The number of hydrogen-bond acceptors (Lipinski definition) is 10. The number of rotatable bonds is 11. The number of nitriles is 1. The first-order valence-corrected chi connectivity index (χ1v) is 13.0. The first kappa shape index (κ1) is 39.7. The van der Waals surface area contributed by atoms with Gasteiger partial charge in [-0.25, -0.2) is 9.59 Å². The highest BCUT2D eigenvalue weighted by atomic mass is 19.4. The molecule has 1 heterocycles. The van der Waals surface area contributed by atoms with Crippen LogP contribution in [0.25, 0.3) is 10.9 Å². The molecule has 256 valence electrons. The number of hydrogen-bond donors (Lipinski definition) is 6. The Morgan fingerprint density at radius 2 is 1.62 bits per heavy atom. The molecule has 0 fully saturated rings. The van der Waals surface area contributed by atoms with E-state index in [9.17, 15) is 36.2 Å². The molecule has 0 saturated heterocycles. The van der Waals surface area contributed by atoms with E-state index >= 15 is 0 Å². The molecule has 0 bridgehead atoms. The minimum Gasteiger partial charge on any atom is -0.493 e. The van der Waals surface area contributed by atoms with E-state index < -0.39 is 30.2 Å². The van der Waals surface area contributed by atoms with E-state index in [0.29, 0.717) is 54.2 Å². The van der Waals surface area contributed by atoms with Crippen molar-refractivity contribution >= 4 is 40.1 Å². The van der Waals surface area contributed by atoms with Crippen LogP contribution in [0.15, 0.2) is 36.5 Å². The van der Waals surface area contributed by atoms with Crippen molar-refractivity contribution in [1.29, 1.82) is 5.26 Å². The number of aliphatic carboxylic acids is 2. The molecule has 0 aliphatic heterocycles. The van der Waals surface area contributed by atoms with Crippen LogP contribution in [-0.2, 0) is 16.2 Å². The summed E-state index contributed by atoms with van der Waals surface area (Å²) >= 11 is 0. The number of ether oxygens (including phenoxy) is 2. The average molecular weight is 678 g/mol. The van der Waals surface area contributed by atoms with Gasteiger partial charge in [0.05, 0.1) is 36.6 Å². The highest BCUT2D eigenvalue weighted by Gasteiger charge is 2.38. The fourth-order valence-electron chi connectivity index (χ4n) is 3.42. The molecule has 1 aromatic heterocycles. The van der Waals surface area contributed by atoms with Crippen LogP contribution in [0.4, 0.5) is 37.7 Å². The summed E-state index contributed by atoms with van der Waals surface area (Å²) in [4.78, 5) is 34.4. The van der Waals surface area contributed by atoms with Gasteiger partial charge in [-0.05, 0) is 30.2 Å². The number of aromatic nitrogens is 1. The Hall–Kier alpha value is -5.35. The van der Waals surface area contributed by atoms with Crippen molar-refractivity contribution in [3.05, 3.63) is 53.2 Å².